The predicted octanol–water partition coefficient (Wildman–Crippen LogP) is 3.14. The number of alkyl halides is 3. The fourth-order valence-corrected chi connectivity index (χ4v) is 3.56. The molecule has 1 unspecified atom stereocenters. The molecule has 0 amide bonds. The van der Waals surface area contributed by atoms with Gasteiger partial charge in [-0.2, -0.15) is 13.2 Å². The zero-order valence-corrected chi connectivity index (χ0v) is 14.4. The molecular formula is C18H20F3N5. The second-order valence-electron chi connectivity index (χ2n) is 6.80. The molecule has 3 aromatic rings. The molecule has 0 bridgehead atoms. The first-order chi connectivity index (χ1) is 12.4. The molecule has 138 valence electrons. The maximum atomic E-state index is 12.8. The Balaban J connectivity index is 1.37. The van der Waals surface area contributed by atoms with Crippen LogP contribution in [0.3, 0.4) is 0 Å². The van der Waals surface area contributed by atoms with E-state index in [-0.39, 0.29) is 5.92 Å². The molecule has 1 N–H and O–H groups in total. The van der Waals surface area contributed by atoms with E-state index in [2.05, 4.69) is 19.9 Å². The second kappa shape index (κ2) is 6.42. The Morgan fingerprint density at radius 3 is 2.81 bits per heavy atom. The van der Waals surface area contributed by atoms with E-state index in [1.807, 2.05) is 31.3 Å². The van der Waals surface area contributed by atoms with Crippen molar-refractivity contribution < 1.29 is 13.2 Å². The average molecular weight is 363 g/mol. The summed E-state index contributed by atoms with van der Waals surface area (Å²) in [5.74, 6) is 1.76. The van der Waals surface area contributed by atoms with Crippen molar-refractivity contribution >= 4 is 11.0 Å². The average Bonchev–Trinajstić information content (AvgIpc) is 3.17. The van der Waals surface area contributed by atoms with E-state index in [0.717, 1.165) is 36.0 Å². The molecule has 0 aliphatic carbocycles. The van der Waals surface area contributed by atoms with Gasteiger partial charge in [-0.25, -0.2) is 9.97 Å². The van der Waals surface area contributed by atoms with Crippen molar-refractivity contribution in [1.29, 1.82) is 0 Å². The number of aryl methyl sites for hydroxylation is 2. The van der Waals surface area contributed by atoms with Crippen LogP contribution < -0.4 is 5.32 Å². The topological polar surface area (TPSA) is 47.7 Å². The van der Waals surface area contributed by atoms with Gasteiger partial charge in [-0.05, 0) is 24.5 Å². The maximum Gasteiger partial charge on any atom is 0.434 e. The lowest BCUT2D eigenvalue weighted by Crippen LogP contribution is -2.30. The highest BCUT2D eigenvalue weighted by molar-refractivity contribution is 5.75. The number of imidazole rings is 2. The van der Waals surface area contributed by atoms with Gasteiger partial charge in [-0.1, -0.05) is 12.1 Å². The third kappa shape index (κ3) is 3.21. The summed E-state index contributed by atoms with van der Waals surface area (Å²) in [7, 11) is 1.99. The first kappa shape index (κ1) is 17.1. The van der Waals surface area contributed by atoms with Crippen LogP contribution in [0.4, 0.5) is 13.2 Å². The summed E-state index contributed by atoms with van der Waals surface area (Å²) in [6.07, 6.45) is -1.83. The minimum Gasteiger partial charge on any atom is -0.334 e. The Labute approximate surface area is 148 Å². The molecular weight excluding hydrogens is 343 g/mol. The van der Waals surface area contributed by atoms with Crippen LogP contribution in [-0.2, 0) is 32.7 Å². The van der Waals surface area contributed by atoms with Gasteiger partial charge in [0, 0.05) is 32.8 Å². The summed E-state index contributed by atoms with van der Waals surface area (Å²) in [6, 6.07) is 7.97. The standard InChI is InChI=1S/C18H20F3N5/c1-25-14-5-3-2-4-13(14)23-17(25)9-22-8-12-6-7-16-24-15(18(19,20)21)11-26(16)10-12/h2-5,11-12,22H,6-10H2,1H3. The number of hydrogen-bond acceptors (Lipinski definition) is 3. The zero-order valence-electron chi connectivity index (χ0n) is 14.4. The molecule has 5 nitrogen and oxygen atoms in total. The van der Waals surface area contributed by atoms with Crippen LogP contribution in [0.15, 0.2) is 30.5 Å². The van der Waals surface area contributed by atoms with Crippen molar-refractivity contribution in [1.82, 2.24) is 24.4 Å². The van der Waals surface area contributed by atoms with E-state index in [4.69, 9.17) is 0 Å². The van der Waals surface area contributed by atoms with Gasteiger partial charge in [0.1, 0.15) is 11.6 Å². The van der Waals surface area contributed by atoms with Gasteiger partial charge in [-0.15, -0.1) is 0 Å². The highest BCUT2D eigenvalue weighted by Gasteiger charge is 2.35. The van der Waals surface area contributed by atoms with Gasteiger partial charge in [-0.3, -0.25) is 0 Å². The van der Waals surface area contributed by atoms with Crippen LogP contribution in [0.2, 0.25) is 0 Å². The van der Waals surface area contributed by atoms with Gasteiger partial charge in [0.25, 0.3) is 0 Å². The van der Waals surface area contributed by atoms with Gasteiger partial charge < -0.3 is 14.5 Å². The van der Waals surface area contributed by atoms with E-state index in [1.165, 1.54) is 0 Å². The molecule has 0 radical (unpaired) electrons. The first-order valence-corrected chi connectivity index (χ1v) is 8.66. The molecule has 0 saturated carbocycles. The van der Waals surface area contributed by atoms with Crippen molar-refractivity contribution in [2.24, 2.45) is 13.0 Å². The molecule has 0 saturated heterocycles. The van der Waals surface area contributed by atoms with Gasteiger partial charge in [0.2, 0.25) is 0 Å². The van der Waals surface area contributed by atoms with E-state index >= 15 is 0 Å². The fourth-order valence-electron chi connectivity index (χ4n) is 3.56. The Kier molecular flexibility index (Phi) is 4.22. The van der Waals surface area contributed by atoms with Gasteiger partial charge in [0.05, 0.1) is 17.6 Å². The maximum absolute atomic E-state index is 12.8. The number of para-hydroxylation sites is 2. The Hall–Kier alpha value is -2.35. The number of rotatable bonds is 4. The number of benzene rings is 1. The van der Waals surface area contributed by atoms with E-state index < -0.39 is 11.9 Å². The normalized spacial score (nSPS) is 17.6. The lowest BCUT2D eigenvalue weighted by atomic mass is 9.99. The summed E-state index contributed by atoms with van der Waals surface area (Å²) in [5, 5.41) is 3.40. The minimum absolute atomic E-state index is 0.285. The molecule has 0 fully saturated rings. The third-order valence-corrected chi connectivity index (χ3v) is 4.98. The van der Waals surface area contributed by atoms with Gasteiger partial charge in [0.15, 0.2) is 5.69 Å². The number of fused-ring (bicyclic) bond motifs is 2. The Morgan fingerprint density at radius 2 is 2.04 bits per heavy atom. The fraction of sp³-hybridized carbons (Fsp3) is 0.444. The summed E-state index contributed by atoms with van der Waals surface area (Å²) in [6.45, 7) is 1.93. The summed E-state index contributed by atoms with van der Waals surface area (Å²) in [5.41, 5.74) is 1.26. The van der Waals surface area contributed by atoms with Crippen molar-refractivity contribution in [3.63, 3.8) is 0 Å². The van der Waals surface area contributed by atoms with Crippen molar-refractivity contribution in [2.75, 3.05) is 6.54 Å². The van der Waals surface area contributed by atoms with Crippen LogP contribution in [0.25, 0.3) is 11.0 Å². The van der Waals surface area contributed by atoms with Crippen molar-refractivity contribution in [3.8, 4) is 0 Å². The van der Waals surface area contributed by atoms with E-state index in [1.54, 1.807) is 4.57 Å². The number of aromatic nitrogens is 4. The second-order valence-corrected chi connectivity index (χ2v) is 6.80. The summed E-state index contributed by atoms with van der Waals surface area (Å²) >= 11 is 0. The highest BCUT2D eigenvalue weighted by atomic mass is 19.4. The molecule has 1 atom stereocenters. The highest BCUT2D eigenvalue weighted by Crippen LogP contribution is 2.30. The van der Waals surface area contributed by atoms with Crippen LogP contribution in [0.5, 0.6) is 0 Å². The molecule has 1 aliphatic rings. The lowest BCUT2D eigenvalue weighted by Gasteiger charge is -2.23. The van der Waals surface area contributed by atoms with Crippen molar-refractivity contribution in [2.45, 2.75) is 32.1 Å². The number of hydrogen-bond donors (Lipinski definition) is 1. The zero-order chi connectivity index (χ0) is 18.3. The molecule has 8 heteroatoms. The van der Waals surface area contributed by atoms with E-state index in [9.17, 15) is 13.2 Å². The number of halogens is 3. The van der Waals surface area contributed by atoms with Crippen LogP contribution in [-0.4, -0.2) is 25.6 Å². The summed E-state index contributed by atoms with van der Waals surface area (Å²) < 4.78 is 42.1. The smallest absolute Gasteiger partial charge is 0.334 e. The molecule has 0 spiro atoms. The van der Waals surface area contributed by atoms with Gasteiger partial charge >= 0.3 is 6.18 Å². The molecule has 3 heterocycles. The number of nitrogens with one attached hydrogen (secondary N) is 1. The van der Waals surface area contributed by atoms with Crippen LogP contribution in [0.1, 0.15) is 23.8 Å². The Bertz CT molecular complexity index is 925. The molecule has 1 aliphatic heterocycles. The quantitative estimate of drug-likeness (QED) is 0.775. The minimum atomic E-state index is -4.38. The monoisotopic (exact) mass is 363 g/mol. The SMILES string of the molecule is Cn1c(CNCC2CCc3nc(C(F)(F)F)cn3C2)nc2ccccc21. The third-order valence-electron chi connectivity index (χ3n) is 4.98. The first-order valence-electron chi connectivity index (χ1n) is 8.66. The largest absolute Gasteiger partial charge is 0.434 e. The van der Waals surface area contributed by atoms with Crippen LogP contribution in [0, 0.1) is 5.92 Å². The lowest BCUT2D eigenvalue weighted by molar-refractivity contribution is -0.141. The predicted molar refractivity (Wildman–Crippen MR) is 91.5 cm³/mol. The van der Waals surface area contributed by atoms with Crippen molar-refractivity contribution in [3.05, 3.63) is 47.8 Å². The Morgan fingerprint density at radius 1 is 1.23 bits per heavy atom. The molecule has 2 aromatic heterocycles. The molecule has 26 heavy (non-hydrogen) atoms. The molecule has 4 rings (SSSR count). The molecule has 1 aromatic carbocycles. The number of nitrogens with zero attached hydrogens (tertiary/aromatic N) is 4. The van der Waals surface area contributed by atoms with Crippen LogP contribution >= 0.6 is 0 Å². The summed E-state index contributed by atoms with van der Waals surface area (Å²) in [4.78, 5) is 8.35. The van der Waals surface area contributed by atoms with E-state index in [0.29, 0.717) is 25.3 Å².